The molecule has 1 aromatic carbocycles. The molecule has 0 heterocycles. The minimum atomic E-state index is -3.01. The number of phenols is 1. The van der Waals surface area contributed by atoms with Crippen molar-refractivity contribution in [2.45, 2.75) is 17.7 Å². The third kappa shape index (κ3) is 2.95. The molecule has 33 heavy (non-hydrogen) atoms. The Bertz CT molecular complexity index is 1130. The minimum absolute atomic E-state index is 0. The maximum Gasteiger partial charge on any atom is 0.235 e. The van der Waals surface area contributed by atoms with Crippen molar-refractivity contribution in [2.75, 3.05) is 14.1 Å². The first kappa shape index (κ1) is 24.7. The average Bonchev–Trinajstić information content (AvgIpc) is 2.70. The number of amides is 1. The summed E-state index contributed by atoms with van der Waals surface area (Å²) in [6.45, 7) is 3.90. The lowest BCUT2D eigenvalue weighted by molar-refractivity contribution is -0.192. The van der Waals surface area contributed by atoms with E-state index in [1.807, 2.05) is 0 Å². The number of carbonyl (C=O) groups excluding carboxylic acids is 5. The molecule has 0 aromatic heterocycles. The van der Waals surface area contributed by atoms with Gasteiger partial charge in [0, 0.05) is 5.92 Å². The second-order valence-corrected chi connectivity index (χ2v) is 8.75. The van der Waals surface area contributed by atoms with Gasteiger partial charge in [0.05, 0.1) is 29.5 Å². The molecule has 10 nitrogen and oxygen atoms in total. The smallest absolute Gasteiger partial charge is 0.235 e. The van der Waals surface area contributed by atoms with Gasteiger partial charge >= 0.3 is 0 Å². The van der Waals surface area contributed by atoms with Gasteiger partial charge in [0.2, 0.25) is 5.91 Å². The summed E-state index contributed by atoms with van der Waals surface area (Å²) in [6.07, 6.45) is -1.72. The number of nitrogens with zero attached hydrogens (tertiary/aromatic N) is 1. The first-order valence-corrected chi connectivity index (χ1v) is 9.91. The molecule has 3 aliphatic rings. The van der Waals surface area contributed by atoms with E-state index in [9.17, 15) is 39.3 Å². The van der Waals surface area contributed by atoms with E-state index in [0.29, 0.717) is 0 Å². The van der Waals surface area contributed by atoms with Gasteiger partial charge < -0.3 is 21.1 Å². The number of carbonyl (C=O) groups is 5. The molecule has 11 heteroatoms. The van der Waals surface area contributed by atoms with Gasteiger partial charge in [-0.1, -0.05) is 18.7 Å². The Balaban J connectivity index is 0.00000306. The number of likely N-dealkylation sites (N-methyl/N-ethyl adjacent to an activating group) is 1. The maximum atomic E-state index is 13.6. The summed E-state index contributed by atoms with van der Waals surface area (Å²) in [5.41, 5.74) is 2.38. The summed E-state index contributed by atoms with van der Waals surface area (Å²) >= 11 is 0. The van der Waals surface area contributed by atoms with Gasteiger partial charge in [-0.2, -0.15) is 0 Å². The Kier molecular flexibility index (Phi) is 5.87. The van der Waals surface area contributed by atoms with Gasteiger partial charge in [-0.25, -0.2) is 0 Å². The highest BCUT2D eigenvalue weighted by Gasteiger charge is 2.72. The number of hydrogen-bond acceptors (Lipinski definition) is 9. The van der Waals surface area contributed by atoms with Crippen LogP contribution in [-0.2, 0) is 19.2 Å². The SMILES string of the molecule is C=C1c2cccc(O)c2C(=O)C2C(=O)[C@]3(O)C(=O)C(C(N)=O)C(=O)[C@@H](N(C)C)[C@@H]3[C@@H](O)[C@H]12.Cl. The predicted molar refractivity (Wildman–Crippen MR) is 115 cm³/mol. The number of aliphatic hydroxyl groups is 2. The van der Waals surface area contributed by atoms with Gasteiger partial charge in [0.15, 0.2) is 34.7 Å². The molecule has 0 aliphatic heterocycles. The largest absolute Gasteiger partial charge is 0.507 e. The number of benzene rings is 1. The number of halogens is 1. The molecule has 1 amide bonds. The second-order valence-electron chi connectivity index (χ2n) is 8.75. The van der Waals surface area contributed by atoms with E-state index in [1.165, 1.54) is 37.2 Å². The van der Waals surface area contributed by atoms with E-state index in [2.05, 4.69) is 6.58 Å². The highest BCUT2D eigenvalue weighted by atomic mass is 35.5. The van der Waals surface area contributed by atoms with Crippen LogP contribution in [0.25, 0.3) is 5.57 Å². The van der Waals surface area contributed by atoms with E-state index in [4.69, 9.17) is 5.73 Å². The summed E-state index contributed by atoms with van der Waals surface area (Å²) in [5, 5.41) is 33.0. The van der Waals surface area contributed by atoms with Gasteiger partial charge in [-0.15, -0.1) is 12.4 Å². The molecule has 0 radical (unpaired) electrons. The average molecular weight is 479 g/mol. The Morgan fingerprint density at radius 2 is 1.76 bits per heavy atom. The highest BCUT2D eigenvalue weighted by molar-refractivity contribution is 6.33. The Morgan fingerprint density at radius 1 is 1.15 bits per heavy atom. The molecule has 2 saturated carbocycles. The highest BCUT2D eigenvalue weighted by Crippen LogP contribution is 2.53. The molecule has 2 fully saturated rings. The molecule has 1 aromatic rings. The van der Waals surface area contributed by atoms with E-state index in [0.717, 1.165) is 0 Å². The fraction of sp³-hybridized carbons (Fsp3) is 0.409. The van der Waals surface area contributed by atoms with Crippen molar-refractivity contribution in [1.29, 1.82) is 0 Å². The number of aliphatic hydroxyl groups excluding tert-OH is 1. The molecular formula is C22H23ClN2O8. The molecule has 3 aliphatic carbocycles. The number of rotatable bonds is 2. The quantitative estimate of drug-likeness (QED) is 0.377. The van der Waals surface area contributed by atoms with Crippen LogP contribution in [0, 0.1) is 23.7 Å². The number of ketones is 4. The topological polar surface area (TPSA) is 175 Å². The fourth-order valence-electron chi connectivity index (χ4n) is 5.57. The second kappa shape index (κ2) is 7.84. The number of hydrogen-bond donors (Lipinski definition) is 4. The lowest BCUT2D eigenvalue weighted by atomic mass is 9.50. The van der Waals surface area contributed by atoms with Crippen molar-refractivity contribution in [3.63, 3.8) is 0 Å². The van der Waals surface area contributed by atoms with Gasteiger partial charge in [0.1, 0.15) is 5.75 Å². The monoisotopic (exact) mass is 478 g/mol. The Morgan fingerprint density at radius 3 is 2.30 bits per heavy atom. The Labute approximate surface area is 194 Å². The van der Waals surface area contributed by atoms with E-state index in [1.54, 1.807) is 0 Å². The zero-order valence-corrected chi connectivity index (χ0v) is 18.5. The van der Waals surface area contributed by atoms with Crippen LogP contribution in [0.2, 0.25) is 0 Å². The number of fused-ring (bicyclic) bond motifs is 3. The van der Waals surface area contributed by atoms with Crippen LogP contribution >= 0.6 is 12.4 Å². The van der Waals surface area contributed by atoms with Crippen LogP contribution in [0.4, 0.5) is 0 Å². The number of primary amides is 1. The number of phenolic OH excluding ortho intramolecular Hbond substituents is 1. The molecule has 176 valence electrons. The summed E-state index contributed by atoms with van der Waals surface area (Å²) in [4.78, 5) is 66.2. The summed E-state index contributed by atoms with van der Waals surface area (Å²) in [5.74, 6) is -13.1. The van der Waals surface area contributed by atoms with Crippen LogP contribution < -0.4 is 5.73 Å². The molecule has 5 N–H and O–H groups in total. The summed E-state index contributed by atoms with van der Waals surface area (Å²) < 4.78 is 0. The van der Waals surface area contributed by atoms with Crippen molar-refractivity contribution in [3.05, 3.63) is 35.9 Å². The molecule has 0 spiro atoms. The molecule has 4 rings (SSSR count). The van der Waals surface area contributed by atoms with Crippen molar-refractivity contribution in [1.82, 2.24) is 4.90 Å². The third-order valence-electron chi connectivity index (χ3n) is 6.95. The molecule has 0 saturated heterocycles. The first-order chi connectivity index (χ1) is 14.9. The van der Waals surface area contributed by atoms with Crippen LogP contribution in [0.15, 0.2) is 24.8 Å². The van der Waals surface area contributed by atoms with Gasteiger partial charge in [0.25, 0.3) is 0 Å². The summed E-state index contributed by atoms with van der Waals surface area (Å²) in [6, 6.07) is 2.78. The lowest BCUT2D eigenvalue weighted by Gasteiger charge is -2.55. The van der Waals surface area contributed by atoms with Gasteiger partial charge in [-0.05, 0) is 31.3 Å². The standard InChI is InChI=1S/C22H22N2O8.ClH/c1-7-8-5-4-6-9(25)11(8)16(26)12-10(7)17(27)14-15(24(2)3)18(28)13(21(23)31)20(30)22(14,32)19(12)29;/h4-6,10,12-15,17,25,27,32H,1H2,2-3H3,(H2,23,31);1H/t10-,12?,13?,14-,15+,17+,22+;/m1./s1. The zero-order chi connectivity index (χ0) is 23.9. The normalized spacial score (nSPS) is 35.5. The van der Waals surface area contributed by atoms with Crippen molar-refractivity contribution < 1.29 is 39.3 Å². The van der Waals surface area contributed by atoms with E-state index in [-0.39, 0.29) is 29.1 Å². The molecule has 2 unspecified atom stereocenters. The molecule has 0 bridgehead atoms. The predicted octanol–water partition coefficient (Wildman–Crippen LogP) is -1.27. The van der Waals surface area contributed by atoms with Crippen molar-refractivity contribution in [2.24, 2.45) is 29.4 Å². The molecule has 7 atom stereocenters. The zero-order valence-electron chi connectivity index (χ0n) is 17.7. The van der Waals surface area contributed by atoms with Crippen molar-refractivity contribution in [3.8, 4) is 5.75 Å². The van der Waals surface area contributed by atoms with Crippen LogP contribution in [0.5, 0.6) is 5.75 Å². The van der Waals surface area contributed by atoms with E-state index >= 15 is 0 Å². The van der Waals surface area contributed by atoms with Crippen LogP contribution in [0.3, 0.4) is 0 Å². The lowest BCUT2D eigenvalue weighted by Crippen LogP contribution is -2.77. The first-order valence-electron chi connectivity index (χ1n) is 9.91. The van der Waals surface area contributed by atoms with E-state index < -0.39 is 76.2 Å². The van der Waals surface area contributed by atoms with Gasteiger partial charge in [-0.3, -0.25) is 28.9 Å². The fourth-order valence-corrected chi connectivity index (χ4v) is 5.57. The number of nitrogens with two attached hydrogens (primary N) is 1. The molecular weight excluding hydrogens is 456 g/mol. The number of aromatic hydroxyl groups is 1. The van der Waals surface area contributed by atoms with Crippen LogP contribution in [-0.4, -0.2) is 81.1 Å². The number of Topliss-reactive ketones (excluding diaryl/α,β-unsaturated/α-hetero) is 4. The minimum Gasteiger partial charge on any atom is -0.507 e. The maximum absolute atomic E-state index is 13.6. The Hall–Kier alpha value is -2.92. The summed E-state index contributed by atoms with van der Waals surface area (Å²) in [7, 11) is 2.85. The van der Waals surface area contributed by atoms with Crippen LogP contribution in [0.1, 0.15) is 15.9 Å². The third-order valence-corrected chi connectivity index (χ3v) is 6.95. The van der Waals surface area contributed by atoms with Crippen molar-refractivity contribution >= 4 is 47.0 Å².